The zero-order valence-electron chi connectivity index (χ0n) is 18.7. The van der Waals surface area contributed by atoms with Gasteiger partial charge in [-0.2, -0.15) is 28.4 Å². The van der Waals surface area contributed by atoms with Crippen molar-refractivity contribution in [2.75, 3.05) is 22.9 Å². The number of nitrogens with zero attached hydrogens (tertiary/aromatic N) is 6. The van der Waals surface area contributed by atoms with Gasteiger partial charge >= 0.3 is 6.18 Å². The van der Waals surface area contributed by atoms with Gasteiger partial charge in [-0.1, -0.05) is 19.1 Å². The lowest BCUT2D eigenvalue weighted by Gasteiger charge is -2.27. The van der Waals surface area contributed by atoms with Crippen LogP contribution >= 0.6 is 0 Å². The highest BCUT2D eigenvalue weighted by Crippen LogP contribution is 2.33. The van der Waals surface area contributed by atoms with Gasteiger partial charge in [0.2, 0.25) is 11.9 Å². The molecule has 2 heterocycles. The van der Waals surface area contributed by atoms with Gasteiger partial charge in [0.15, 0.2) is 5.82 Å². The van der Waals surface area contributed by atoms with Crippen LogP contribution in [-0.4, -0.2) is 26.1 Å². The van der Waals surface area contributed by atoms with E-state index in [1.54, 1.807) is 6.92 Å². The molecular formula is C23H18F4N8O. The van der Waals surface area contributed by atoms with Crippen LogP contribution in [0.4, 0.5) is 41.1 Å². The molecule has 9 nitrogen and oxygen atoms in total. The summed E-state index contributed by atoms with van der Waals surface area (Å²) in [6.07, 6.45) is -4.28. The molecule has 0 bridgehead atoms. The molecule has 0 atom stereocenters. The topological polar surface area (TPSA) is 140 Å². The van der Waals surface area contributed by atoms with Gasteiger partial charge < -0.3 is 11.5 Å². The Kier molecular flexibility index (Phi) is 6.19. The normalized spacial score (nSPS) is 11.4. The average molecular weight is 498 g/mol. The molecule has 13 heteroatoms. The van der Waals surface area contributed by atoms with Crippen molar-refractivity contribution in [3.8, 4) is 11.8 Å². The van der Waals surface area contributed by atoms with Gasteiger partial charge in [0.1, 0.15) is 28.7 Å². The highest BCUT2D eigenvalue weighted by Gasteiger charge is 2.32. The number of hydrogen-bond donors (Lipinski definition) is 2. The summed E-state index contributed by atoms with van der Waals surface area (Å²) in [5.41, 5.74) is 9.17. The fourth-order valence-electron chi connectivity index (χ4n) is 3.72. The Morgan fingerprint density at radius 3 is 2.50 bits per heavy atom. The lowest BCUT2D eigenvalue weighted by molar-refractivity contribution is -0.137. The third-order valence-electron chi connectivity index (χ3n) is 5.25. The van der Waals surface area contributed by atoms with Crippen molar-refractivity contribution in [2.24, 2.45) is 0 Å². The van der Waals surface area contributed by atoms with Gasteiger partial charge in [-0.15, -0.1) is 0 Å². The number of nitrogen functional groups attached to an aromatic ring is 2. The summed E-state index contributed by atoms with van der Waals surface area (Å²) in [5, 5.41) is 9.27. The molecule has 4 rings (SSSR count). The minimum atomic E-state index is -4.71. The zero-order valence-corrected chi connectivity index (χ0v) is 18.7. The Labute approximate surface area is 201 Å². The first kappa shape index (κ1) is 24.4. The molecule has 0 aliphatic heterocycles. The van der Waals surface area contributed by atoms with Crippen molar-refractivity contribution in [1.29, 1.82) is 5.26 Å². The van der Waals surface area contributed by atoms with E-state index in [1.165, 1.54) is 23.1 Å². The second kappa shape index (κ2) is 9.14. The molecule has 36 heavy (non-hydrogen) atoms. The van der Waals surface area contributed by atoms with E-state index in [9.17, 15) is 27.6 Å². The van der Waals surface area contributed by atoms with Gasteiger partial charge in [-0.05, 0) is 36.8 Å². The Morgan fingerprint density at radius 2 is 1.83 bits per heavy atom. The van der Waals surface area contributed by atoms with Crippen molar-refractivity contribution in [3.63, 3.8) is 0 Å². The Bertz CT molecular complexity index is 1580. The summed E-state index contributed by atoms with van der Waals surface area (Å²) in [6, 6.07) is 9.61. The first-order chi connectivity index (χ1) is 17.1. The second-order valence-corrected chi connectivity index (χ2v) is 7.66. The standard InChI is InChI=1S/C23H18F4N8O/c1-2-9-34(19-14(11-28)18(29)32-21(30)33-19)22-31-16-8-4-7-15(24)17(16)20(36)35(22)13-6-3-5-12(10-13)23(25,26)27/h3-8,10H,2,9H2,1H3,(H4,29,30,32,33). The van der Waals surface area contributed by atoms with Gasteiger partial charge in [-0.3, -0.25) is 9.69 Å². The molecule has 0 unspecified atom stereocenters. The summed E-state index contributed by atoms with van der Waals surface area (Å²) in [7, 11) is 0. The molecule has 0 aliphatic carbocycles. The highest BCUT2D eigenvalue weighted by atomic mass is 19.4. The monoisotopic (exact) mass is 498 g/mol. The van der Waals surface area contributed by atoms with Gasteiger partial charge in [0.05, 0.1) is 16.8 Å². The number of aromatic nitrogens is 4. The van der Waals surface area contributed by atoms with E-state index in [4.69, 9.17) is 11.5 Å². The lowest BCUT2D eigenvalue weighted by Crippen LogP contribution is -2.32. The van der Waals surface area contributed by atoms with Crippen LogP contribution < -0.4 is 21.9 Å². The third-order valence-corrected chi connectivity index (χ3v) is 5.25. The van der Waals surface area contributed by atoms with Crippen LogP contribution in [0.1, 0.15) is 24.5 Å². The summed E-state index contributed by atoms with van der Waals surface area (Å²) in [4.78, 5) is 27.2. The van der Waals surface area contributed by atoms with Crippen LogP contribution in [0.3, 0.4) is 0 Å². The number of rotatable bonds is 5. The van der Waals surface area contributed by atoms with E-state index in [-0.39, 0.29) is 46.8 Å². The molecule has 0 saturated heterocycles. The van der Waals surface area contributed by atoms with E-state index in [1.807, 2.05) is 6.07 Å². The Hall–Kier alpha value is -4.73. The number of benzene rings is 2. The maximum atomic E-state index is 14.7. The summed E-state index contributed by atoms with van der Waals surface area (Å²) < 4.78 is 56.0. The van der Waals surface area contributed by atoms with Crippen LogP contribution in [0.2, 0.25) is 0 Å². The van der Waals surface area contributed by atoms with E-state index in [0.29, 0.717) is 6.42 Å². The molecule has 2 aromatic carbocycles. The molecular weight excluding hydrogens is 480 g/mol. The van der Waals surface area contributed by atoms with Crippen molar-refractivity contribution in [1.82, 2.24) is 19.5 Å². The number of anilines is 4. The van der Waals surface area contributed by atoms with Crippen LogP contribution in [0.5, 0.6) is 0 Å². The quantitative estimate of drug-likeness (QED) is 0.395. The van der Waals surface area contributed by atoms with Crippen LogP contribution in [-0.2, 0) is 6.18 Å². The summed E-state index contributed by atoms with van der Waals surface area (Å²) in [5.74, 6) is -1.73. The first-order valence-electron chi connectivity index (χ1n) is 10.6. The van der Waals surface area contributed by atoms with E-state index < -0.39 is 28.5 Å². The molecule has 0 radical (unpaired) electrons. The van der Waals surface area contributed by atoms with Crippen LogP contribution in [0.15, 0.2) is 47.3 Å². The van der Waals surface area contributed by atoms with Gasteiger partial charge in [0, 0.05) is 6.54 Å². The minimum Gasteiger partial charge on any atom is -0.382 e. The third kappa shape index (κ3) is 4.24. The first-order valence-corrected chi connectivity index (χ1v) is 10.6. The average Bonchev–Trinajstić information content (AvgIpc) is 2.81. The largest absolute Gasteiger partial charge is 0.416 e. The zero-order chi connectivity index (χ0) is 26.2. The molecule has 4 N–H and O–H groups in total. The fraction of sp³-hybridized carbons (Fsp3) is 0.174. The Balaban J connectivity index is 2.14. The van der Waals surface area contributed by atoms with E-state index in [2.05, 4.69) is 15.0 Å². The molecule has 4 aromatic rings. The summed E-state index contributed by atoms with van der Waals surface area (Å²) in [6.45, 7) is 1.87. The van der Waals surface area contributed by atoms with Crippen molar-refractivity contribution in [2.45, 2.75) is 19.5 Å². The van der Waals surface area contributed by atoms with Gasteiger partial charge in [0.25, 0.3) is 5.56 Å². The second-order valence-electron chi connectivity index (χ2n) is 7.66. The van der Waals surface area contributed by atoms with Crippen LogP contribution in [0, 0.1) is 17.1 Å². The number of halogens is 4. The summed E-state index contributed by atoms with van der Waals surface area (Å²) >= 11 is 0. The number of alkyl halides is 3. The molecule has 0 fully saturated rings. The number of nitrogens with two attached hydrogens (primary N) is 2. The number of fused-ring (bicyclic) bond motifs is 1. The number of hydrogen-bond acceptors (Lipinski definition) is 8. The fourth-order valence-corrected chi connectivity index (χ4v) is 3.72. The van der Waals surface area contributed by atoms with Gasteiger partial charge in [-0.25, -0.2) is 13.9 Å². The SMILES string of the molecule is CCCN(c1nc(N)nc(N)c1C#N)c1nc2cccc(F)c2c(=O)n1-c1cccc(C(F)(F)F)c1. The molecule has 0 saturated carbocycles. The minimum absolute atomic E-state index is 0.0483. The maximum absolute atomic E-state index is 14.7. The Morgan fingerprint density at radius 1 is 1.11 bits per heavy atom. The predicted molar refractivity (Wildman–Crippen MR) is 125 cm³/mol. The number of nitriles is 1. The molecule has 0 amide bonds. The van der Waals surface area contributed by atoms with Crippen LogP contribution in [0.25, 0.3) is 16.6 Å². The molecule has 2 aromatic heterocycles. The molecule has 0 aliphatic rings. The maximum Gasteiger partial charge on any atom is 0.416 e. The van der Waals surface area contributed by atoms with E-state index in [0.717, 1.165) is 28.8 Å². The lowest BCUT2D eigenvalue weighted by atomic mass is 10.1. The smallest absolute Gasteiger partial charge is 0.382 e. The van der Waals surface area contributed by atoms with Crippen molar-refractivity contribution >= 4 is 34.4 Å². The predicted octanol–water partition coefficient (Wildman–Crippen LogP) is 3.92. The van der Waals surface area contributed by atoms with Crippen molar-refractivity contribution < 1.29 is 17.6 Å². The highest BCUT2D eigenvalue weighted by molar-refractivity contribution is 5.81. The molecule has 184 valence electrons. The molecule has 0 spiro atoms. The van der Waals surface area contributed by atoms with Crippen molar-refractivity contribution in [3.05, 3.63) is 69.8 Å². The van der Waals surface area contributed by atoms with E-state index >= 15 is 0 Å².